The third kappa shape index (κ3) is 5.28. The van der Waals surface area contributed by atoms with Crippen LogP contribution < -0.4 is 26.0 Å². The summed E-state index contributed by atoms with van der Waals surface area (Å²) in [5, 5.41) is 0. The zero-order valence-electron chi connectivity index (χ0n) is 33.8. The number of fused-ring (bicyclic) bond motifs is 6. The van der Waals surface area contributed by atoms with Gasteiger partial charge in [-0.3, -0.25) is 4.98 Å². The van der Waals surface area contributed by atoms with E-state index >= 15 is 0 Å². The molecule has 0 saturated heterocycles. The quantitative estimate of drug-likeness (QED) is 0.167. The van der Waals surface area contributed by atoms with Gasteiger partial charge < -0.3 is 9.64 Å². The highest BCUT2D eigenvalue weighted by molar-refractivity contribution is 6.99. The molecule has 3 aliphatic rings. The van der Waals surface area contributed by atoms with Crippen molar-refractivity contribution in [2.45, 2.75) is 97.8 Å². The highest BCUT2D eigenvalue weighted by atomic mass is 16.5. The fourth-order valence-electron chi connectivity index (χ4n) is 8.89. The molecule has 0 aliphatic carbocycles. The van der Waals surface area contributed by atoms with Crippen LogP contribution in [0.15, 0.2) is 109 Å². The van der Waals surface area contributed by atoms with Crippen molar-refractivity contribution >= 4 is 40.2 Å². The zero-order valence-corrected chi connectivity index (χ0v) is 33.8. The van der Waals surface area contributed by atoms with Crippen LogP contribution in [0.4, 0.5) is 17.1 Å². The summed E-state index contributed by atoms with van der Waals surface area (Å²) >= 11 is 0. The molecule has 0 radical (unpaired) electrons. The van der Waals surface area contributed by atoms with Gasteiger partial charge in [-0.25, -0.2) is 0 Å². The first-order valence-electron chi connectivity index (χ1n) is 19.6. The lowest BCUT2D eigenvalue weighted by Crippen LogP contribution is -2.61. The van der Waals surface area contributed by atoms with Gasteiger partial charge in [-0.1, -0.05) is 143 Å². The summed E-state index contributed by atoms with van der Waals surface area (Å²) in [6.45, 7) is 25.8. The molecule has 0 bridgehead atoms. The van der Waals surface area contributed by atoms with Gasteiger partial charge in [-0.2, -0.15) is 0 Å². The van der Waals surface area contributed by atoms with Crippen molar-refractivity contribution in [3.8, 4) is 33.9 Å². The van der Waals surface area contributed by atoms with E-state index in [1.807, 2.05) is 18.3 Å². The van der Waals surface area contributed by atoms with Crippen molar-refractivity contribution in [3.63, 3.8) is 0 Å². The summed E-state index contributed by atoms with van der Waals surface area (Å²) in [4.78, 5) is 7.19. The SMILES string of the molecule is CC(C)(C)c1ccc2c(c1)B1c3cc(C(C)(C)C)cc4c3N(c3ccc(C(C)(C)C)cc3C4(C)C)c3cc(-c4ccc(-c5ccccn5)cc4)cc(c31)O2. The molecule has 0 N–H and O–H groups in total. The van der Waals surface area contributed by atoms with E-state index in [0.29, 0.717) is 0 Å². The van der Waals surface area contributed by atoms with Crippen LogP contribution in [0.2, 0.25) is 0 Å². The number of hydrogen-bond donors (Lipinski definition) is 0. The van der Waals surface area contributed by atoms with Crippen molar-refractivity contribution in [1.29, 1.82) is 0 Å². The Morgan fingerprint density at radius 1 is 0.556 bits per heavy atom. The van der Waals surface area contributed by atoms with E-state index in [9.17, 15) is 0 Å². The Balaban J connectivity index is 1.36. The van der Waals surface area contributed by atoms with Crippen LogP contribution in [0.25, 0.3) is 22.4 Å². The number of rotatable bonds is 2. The van der Waals surface area contributed by atoms with E-state index in [1.165, 1.54) is 61.3 Å². The first-order chi connectivity index (χ1) is 25.4. The van der Waals surface area contributed by atoms with Crippen LogP contribution in [0.5, 0.6) is 11.5 Å². The second-order valence-electron chi connectivity index (χ2n) is 19.4. The molecule has 0 saturated carbocycles. The van der Waals surface area contributed by atoms with Gasteiger partial charge in [0.15, 0.2) is 0 Å². The summed E-state index contributed by atoms with van der Waals surface area (Å²) in [6.07, 6.45) is 1.85. The van der Waals surface area contributed by atoms with Crippen molar-refractivity contribution in [1.82, 2.24) is 4.98 Å². The summed E-state index contributed by atoms with van der Waals surface area (Å²) in [6, 6.07) is 38.8. The van der Waals surface area contributed by atoms with Gasteiger partial charge in [-0.05, 0) is 108 Å². The van der Waals surface area contributed by atoms with Crippen molar-refractivity contribution < 1.29 is 4.74 Å². The minimum atomic E-state index is -0.223. The van der Waals surface area contributed by atoms with E-state index in [1.54, 1.807) is 0 Å². The molecule has 1 aromatic heterocycles. The first kappa shape index (κ1) is 34.7. The average Bonchev–Trinajstić information content (AvgIpc) is 3.12. The Kier molecular flexibility index (Phi) is 7.36. The Hall–Kier alpha value is -5.09. The topological polar surface area (TPSA) is 25.4 Å². The fourth-order valence-corrected chi connectivity index (χ4v) is 8.89. The first-order valence-corrected chi connectivity index (χ1v) is 19.6. The molecule has 4 heteroatoms. The summed E-state index contributed by atoms with van der Waals surface area (Å²) in [5.41, 5.74) is 18.6. The maximum atomic E-state index is 7.06. The molecule has 0 atom stereocenters. The van der Waals surface area contributed by atoms with Crippen LogP contribution in [-0.2, 0) is 21.7 Å². The molecule has 0 amide bonds. The molecular weight excluding hydrogens is 655 g/mol. The Morgan fingerprint density at radius 3 is 1.85 bits per heavy atom. The van der Waals surface area contributed by atoms with E-state index in [-0.39, 0.29) is 28.4 Å². The van der Waals surface area contributed by atoms with Crippen molar-refractivity contribution in [2.24, 2.45) is 0 Å². The van der Waals surface area contributed by atoms with Crippen molar-refractivity contribution in [3.05, 3.63) is 137 Å². The minimum absolute atomic E-state index is 0.00249. The Bertz CT molecular complexity index is 2490. The zero-order chi connectivity index (χ0) is 38.1. The molecule has 5 aromatic carbocycles. The summed E-state index contributed by atoms with van der Waals surface area (Å²) < 4.78 is 7.06. The number of aromatic nitrogens is 1. The largest absolute Gasteiger partial charge is 0.458 e. The van der Waals surface area contributed by atoms with Gasteiger partial charge in [0.05, 0.1) is 11.4 Å². The highest BCUT2D eigenvalue weighted by Gasteiger charge is 2.49. The predicted octanol–water partition coefficient (Wildman–Crippen LogP) is 11.4. The van der Waals surface area contributed by atoms with Crippen LogP contribution in [0.3, 0.4) is 0 Å². The second-order valence-corrected chi connectivity index (χ2v) is 19.4. The molecule has 6 aromatic rings. The molecule has 270 valence electrons. The van der Waals surface area contributed by atoms with Crippen LogP contribution in [0.1, 0.15) is 104 Å². The molecule has 0 unspecified atom stereocenters. The van der Waals surface area contributed by atoms with E-state index < -0.39 is 0 Å². The minimum Gasteiger partial charge on any atom is -0.458 e. The van der Waals surface area contributed by atoms with E-state index in [0.717, 1.165) is 33.9 Å². The number of anilines is 3. The van der Waals surface area contributed by atoms with Crippen LogP contribution >= 0.6 is 0 Å². The smallest absolute Gasteiger partial charge is 0.256 e. The molecular formula is C50H51BN2O. The molecule has 3 aliphatic heterocycles. The van der Waals surface area contributed by atoms with Gasteiger partial charge in [0.25, 0.3) is 6.71 Å². The third-order valence-corrected chi connectivity index (χ3v) is 12.2. The Labute approximate surface area is 322 Å². The van der Waals surface area contributed by atoms with E-state index in [4.69, 9.17) is 4.74 Å². The van der Waals surface area contributed by atoms with Crippen molar-refractivity contribution in [2.75, 3.05) is 4.90 Å². The number of pyridine rings is 1. The normalized spacial score (nSPS) is 15.2. The average molecular weight is 707 g/mol. The van der Waals surface area contributed by atoms with Gasteiger partial charge in [0.2, 0.25) is 0 Å². The third-order valence-electron chi connectivity index (χ3n) is 12.2. The molecule has 3 nitrogen and oxygen atoms in total. The maximum absolute atomic E-state index is 7.06. The lowest BCUT2D eigenvalue weighted by Gasteiger charge is -2.49. The van der Waals surface area contributed by atoms with E-state index in [2.05, 4.69) is 177 Å². The standard InChI is InChI=1S/C50H51BN2O/c1-47(2,3)33-19-21-41-36(26-33)50(10,11)37-27-35(49(7,8)9)29-39-46(37)53(41)42-24-32(30-15-17-31(18-16-30)40-14-12-13-23-52-40)25-44-45(42)51(39)38-28-34(48(4,5)6)20-22-43(38)54-44/h12-29H,1-11H3. The lowest BCUT2D eigenvalue weighted by molar-refractivity contribution is 0.486. The molecule has 54 heavy (non-hydrogen) atoms. The lowest BCUT2D eigenvalue weighted by atomic mass is 9.33. The highest BCUT2D eigenvalue weighted by Crippen LogP contribution is 2.55. The number of nitrogens with zero attached hydrogens (tertiary/aromatic N) is 2. The predicted molar refractivity (Wildman–Crippen MR) is 229 cm³/mol. The number of benzene rings is 5. The summed E-state index contributed by atoms with van der Waals surface area (Å²) in [5.74, 6) is 1.88. The number of ether oxygens (including phenoxy) is 1. The van der Waals surface area contributed by atoms with Gasteiger partial charge in [0, 0.05) is 28.6 Å². The fraction of sp³-hybridized carbons (Fsp3) is 0.300. The monoisotopic (exact) mass is 706 g/mol. The molecule has 0 spiro atoms. The van der Waals surface area contributed by atoms with Crippen LogP contribution in [0, 0.1) is 0 Å². The van der Waals surface area contributed by atoms with Crippen LogP contribution in [-0.4, -0.2) is 11.7 Å². The van der Waals surface area contributed by atoms with Gasteiger partial charge in [-0.15, -0.1) is 0 Å². The molecule has 4 heterocycles. The molecule has 9 rings (SSSR count). The van der Waals surface area contributed by atoms with Gasteiger partial charge >= 0.3 is 0 Å². The van der Waals surface area contributed by atoms with Gasteiger partial charge in [0.1, 0.15) is 11.5 Å². The maximum Gasteiger partial charge on any atom is 0.256 e. The number of hydrogen-bond acceptors (Lipinski definition) is 3. The second kappa shape index (κ2) is 11.5. The Morgan fingerprint density at radius 2 is 1.19 bits per heavy atom. The molecule has 0 fully saturated rings. The summed E-state index contributed by atoms with van der Waals surface area (Å²) in [7, 11) is 0.